The summed E-state index contributed by atoms with van der Waals surface area (Å²) in [6.07, 6.45) is 24.3. The first-order valence-electron chi connectivity index (χ1n) is 9.57. The maximum atomic E-state index is 2.40. The monoisotopic (exact) mass is 295 g/mol. The molecule has 0 bridgehead atoms. The highest BCUT2D eigenvalue weighted by molar-refractivity contribution is 4.81. The summed E-state index contributed by atoms with van der Waals surface area (Å²) < 4.78 is 0. The zero-order valence-corrected chi connectivity index (χ0v) is 15.2. The summed E-state index contributed by atoms with van der Waals surface area (Å²) in [6.45, 7) is 3.53. The van der Waals surface area contributed by atoms with Crippen LogP contribution in [0.3, 0.4) is 0 Å². The fourth-order valence-corrected chi connectivity index (χ4v) is 2.68. The van der Waals surface area contributed by atoms with Crippen LogP contribution in [-0.4, -0.2) is 25.5 Å². The molecule has 0 radical (unpaired) electrons. The van der Waals surface area contributed by atoms with Gasteiger partial charge in [-0.3, -0.25) is 0 Å². The lowest BCUT2D eigenvalue weighted by Crippen LogP contribution is -2.12. The molecule has 0 saturated heterocycles. The fourth-order valence-electron chi connectivity index (χ4n) is 2.68. The Balaban J connectivity index is 3.02. The van der Waals surface area contributed by atoms with E-state index in [1.165, 1.54) is 96.4 Å². The number of allylic oxidation sites excluding steroid dienone is 2. The Labute approximate surface area is 135 Å². The van der Waals surface area contributed by atoms with Gasteiger partial charge in [-0.05, 0) is 52.7 Å². The minimum absolute atomic E-state index is 1.26. The molecule has 0 atom stereocenters. The first-order chi connectivity index (χ1) is 10.3. The van der Waals surface area contributed by atoms with Gasteiger partial charge in [-0.25, -0.2) is 0 Å². The van der Waals surface area contributed by atoms with Crippen molar-refractivity contribution in [1.82, 2.24) is 4.90 Å². The van der Waals surface area contributed by atoms with Crippen LogP contribution in [0.5, 0.6) is 0 Å². The highest BCUT2D eigenvalue weighted by atomic mass is 15.0. The van der Waals surface area contributed by atoms with E-state index in [1.54, 1.807) is 0 Å². The summed E-state index contributed by atoms with van der Waals surface area (Å²) in [5.41, 5.74) is 0. The molecule has 126 valence electrons. The number of nitrogens with zero attached hydrogens (tertiary/aromatic N) is 1. The number of hydrogen-bond donors (Lipinski definition) is 0. The van der Waals surface area contributed by atoms with E-state index in [4.69, 9.17) is 0 Å². The lowest BCUT2D eigenvalue weighted by atomic mass is 10.1. The van der Waals surface area contributed by atoms with Gasteiger partial charge in [0.05, 0.1) is 0 Å². The fraction of sp³-hybridized carbons (Fsp3) is 0.900. The highest BCUT2D eigenvalue weighted by Crippen LogP contribution is 2.11. The molecule has 0 aliphatic rings. The smallest absolute Gasteiger partial charge is 0.00248 e. The molecule has 21 heavy (non-hydrogen) atoms. The van der Waals surface area contributed by atoms with Crippen LogP contribution in [-0.2, 0) is 0 Å². The summed E-state index contributed by atoms with van der Waals surface area (Å²) in [5.74, 6) is 0. The predicted molar refractivity (Wildman–Crippen MR) is 98.0 cm³/mol. The Kier molecular flexibility index (Phi) is 17.5. The summed E-state index contributed by atoms with van der Waals surface area (Å²) in [7, 11) is 4.33. The minimum atomic E-state index is 1.26. The quantitative estimate of drug-likeness (QED) is 0.229. The molecule has 0 saturated carbocycles. The summed E-state index contributed by atoms with van der Waals surface area (Å²) in [4.78, 5) is 2.29. The number of rotatable bonds is 16. The molecule has 0 spiro atoms. The van der Waals surface area contributed by atoms with Crippen LogP contribution in [0.15, 0.2) is 12.2 Å². The SMILES string of the molecule is CCCCCC=CCCCCCCCCCCCN(C)C. The van der Waals surface area contributed by atoms with Gasteiger partial charge in [0, 0.05) is 0 Å². The molecule has 0 fully saturated rings. The number of hydrogen-bond acceptors (Lipinski definition) is 1. The Morgan fingerprint density at radius 1 is 0.571 bits per heavy atom. The van der Waals surface area contributed by atoms with Crippen molar-refractivity contribution >= 4 is 0 Å². The molecular weight excluding hydrogens is 254 g/mol. The van der Waals surface area contributed by atoms with E-state index in [2.05, 4.69) is 38.1 Å². The van der Waals surface area contributed by atoms with Crippen molar-refractivity contribution in [3.63, 3.8) is 0 Å². The molecule has 0 aliphatic carbocycles. The first-order valence-corrected chi connectivity index (χ1v) is 9.57. The number of unbranched alkanes of at least 4 members (excludes halogenated alkanes) is 12. The van der Waals surface area contributed by atoms with Crippen molar-refractivity contribution in [1.29, 1.82) is 0 Å². The van der Waals surface area contributed by atoms with E-state index >= 15 is 0 Å². The van der Waals surface area contributed by atoms with Crippen molar-refractivity contribution in [2.24, 2.45) is 0 Å². The zero-order valence-electron chi connectivity index (χ0n) is 15.2. The molecule has 0 unspecified atom stereocenters. The Morgan fingerprint density at radius 2 is 1.00 bits per heavy atom. The van der Waals surface area contributed by atoms with E-state index in [1.807, 2.05) is 0 Å². The van der Waals surface area contributed by atoms with E-state index in [0.717, 1.165) is 0 Å². The third kappa shape index (κ3) is 19.7. The van der Waals surface area contributed by atoms with Gasteiger partial charge in [-0.2, -0.15) is 0 Å². The third-order valence-corrected chi connectivity index (χ3v) is 4.12. The summed E-state index contributed by atoms with van der Waals surface area (Å²) in [6, 6.07) is 0. The highest BCUT2D eigenvalue weighted by Gasteiger charge is 1.93. The van der Waals surface area contributed by atoms with Gasteiger partial charge < -0.3 is 4.90 Å². The average molecular weight is 296 g/mol. The second-order valence-electron chi connectivity index (χ2n) is 6.74. The van der Waals surface area contributed by atoms with Crippen molar-refractivity contribution < 1.29 is 0 Å². The molecule has 1 nitrogen and oxygen atoms in total. The van der Waals surface area contributed by atoms with Gasteiger partial charge in [0.15, 0.2) is 0 Å². The molecule has 0 aliphatic heterocycles. The maximum absolute atomic E-state index is 2.40. The summed E-state index contributed by atoms with van der Waals surface area (Å²) in [5, 5.41) is 0. The van der Waals surface area contributed by atoms with Crippen LogP contribution in [0.4, 0.5) is 0 Å². The molecule has 0 aromatic heterocycles. The topological polar surface area (TPSA) is 3.24 Å². The molecule has 0 rings (SSSR count). The molecule has 0 amide bonds. The van der Waals surface area contributed by atoms with Gasteiger partial charge in [0.2, 0.25) is 0 Å². The molecular formula is C20H41N. The Bertz CT molecular complexity index is 208. The van der Waals surface area contributed by atoms with Gasteiger partial charge in [0.1, 0.15) is 0 Å². The largest absolute Gasteiger partial charge is 0.309 e. The van der Waals surface area contributed by atoms with Gasteiger partial charge >= 0.3 is 0 Å². The lowest BCUT2D eigenvalue weighted by molar-refractivity contribution is 0.389. The minimum Gasteiger partial charge on any atom is -0.309 e. The van der Waals surface area contributed by atoms with E-state index in [9.17, 15) is 0 Å². The standard InChI is InChI=1S/C20H41N/c1-4-5-6-7-8-9-10-11-12-13-14-15-16-17-18-19-20-21(2)3/h8-9H,4-7,10-20H2,1-3H3. The third-order valence-electron chi connectivity index (χ3n) is 4.12. The van der Waals surface area contributed by atoms with Crippen LogP contribution >= 0.6 is 0 Å². The molecule has 0 N–H and O–H groups in total. The van der Waals surface area contributed by atoms with Gasteiger partial charge in [0.25, 0.3) is 0 Å². The average Bonchev–Trinajstić information content (AvgIpc) is 2.46. The van der Waals surface area contributed by atoms with Crippen LogP contribution in [0, 0.1) is 0 Å². The lowest BCUT2D eigenvalue weighted by Gasteiger charge is -2.08. The second-order valence-corrected chi connectivity index (χ2v) is 6.74. The molecule has 1 heteroatoms. The van der Waals surface area contributed by atoms with Crippen LogP contribution in [0.1, 0.15) is 96.8 Å². The van der Waals surface area contributed by atoms with Crippen LogP contribution < -0.4 is 0 Å². The molecule has 0 heterocycles. The molecule has 0 aromatic rings. The maximum Gasteiger partial charge on any atom is -0.00248 e. The molecule has 0 aromatic carbocycles. The van der Waals surface area contributed by atoms with Crippen molar-refractivity contribution in [3.05, 3.63) is 12.2 Å². The normalized spacial score (nSPS) is 11.8. The van der Waals surface area contributed by atoms with Crippen molar-refractivity contribution in [2.75, 3.05) is 20.6 Å². The van der Waals surface area contributed by atoms with E-state index in [-0.39, 0.29) is 0 Å². The van der Waals surface area contributed by atoms with Crippen LogP contribution in [0.2, 0.25) is 0 Å². The van der Waals surface area contributed by atoms with Crippen molar-refractivity contribution in [3.8, 4) is 0 Å². The van der Waals surface area contributed by atoms with Gasteiger partial charge in [-0.15, -0.1) is 0 Å². The van der Waals surface area contributed by atoms with Crippen molar-refractivity contribution in [2.45, 2.75) is 96.8 Å². The Morgan fingerprint density at radius 3 is 1.48 bits per heavy atom. The zero-order chi connectivity index (χ0) is 15.6. The Hall–Kier alpha value is -0.300. The predicted octanol–water partition coefficient (Wildman–Crippen LogP) is 6.59. The summed E-state index contributed by atoms with van der Waals surface area (Å²) >= 11 is 0. The van der Waals surface area contributed by atoms with E-state index < -0.39 is 0 Å². The van der Waals surface area contributed by atoms with E-state index in [0.29, 0.717) is 0 Å². The second kappa shape index (κ2) is 17.8. The van der Waals surface area contributed by atoms with Crippen LogP contribution in [0.25, 0.3) is 0 Å². The first kappa shape index (κ1) is 20.7. The van der Waals surface area contributed by atoms with Gasteiger partial charge in [-0.1, -0.05) is 76.9 Å².